The molecule has 0 heterocycles. The van der Waals surface area contributed by atoms with E-state index in [-0.39, 0.29) is 30.0 Å². The first-order valence-electron chi connectivity index (χ1n) is 12.9. The highest BCUT2D eigenvalue weighted by molar-refractivity contribution is 9.10. The van der Waals surface area contributed by atoms with Crippen molar-refractivity contribution in [3.05, 3.63) is 106 Å². The molecule has 2 amide bonds. The average Bonchev–Trinajstić information content (AvgIpc) is 3.66. The van der Waals surface area contributed by atoms with Crippen LogP contribution in [0.25, 0.3) is 0 Å². The molecule has 4 rings (SSSR count). The molecule has 1 aliphatic carbocycles. The summed E-state index contributed by atoms with van der Waals surface area (Å²) in [5, 5.41) is 5.56. The minimum absolute atomic E-state index is 0.0957. The molecule has 0 radical (unpaired) electrons. The number of carbonyl (C=O) groups is 3. The molecule has 1 fully saturated rings. The summed E-state index contributed by atoms with van der Waals surface area (Å²) in [7, 11) is 0. The molecule has 0 aliphatic heterocycles. The Morgan fingerprint density at radius 1 is 0.897 bits per heavy atom. The zero-order valence-electron chi connectivity index (χ0n) is 22.3. The van der Waals surface area contributed by atoms with Gasteiger partial charge in [0.05, 0.1) is 6.04 Å². The quantitative estimate of drug-likeness (QED) is 0.275. The largest absolute Gasteiger partial charge is 0.446 e. The monoisotopic (exact) mass is 592 g/mol. The van der Waals surface area contributed by atoms with Gasteiger partial charge in [0, 0.05) is 27.9 Å². The molecule has 3 aromatic carbocycles. The van der Waals surface area contributed by atoms with Crippen LogP contribution in [0.15, 0.2) is 83.3 Å². The Balaban J connectivity index is 1.38. The second-order valence-electron chi connectivity index (χ2n) is 10.7. The first-order chi connectivity index (χ1) is 18.6. The molecule has 39 heavy (non-hydrogen) atoms. The van der Waals surface area contributed by atoms with E-state index in [2.05, 4.69) is 26.6 Å². The maximum Gasteiger partial charge on any atom is 0.408 e. The Morgan fingerprint density at radius 3 is 2.21 bits per heavy atom. The van der Waals surface area contributed by atoms with Crippen LogP contribution in [-0.2, 0) is 22.5 Å². The SMILES string of the molecule is CC(C)(C)NC(=O)O[C@@H]1C[C@H]1c1ccc(C(=O)[C@H](Cc2ccccc2)NC(=O)OCc2ccc(Br)cc2)cc1. The molecule has 3 atom stereocenters. The number of rotatable bonds is 9. The van der Waals surface area contributed by atoms with Gasteiger partial charge in [-0.15, -0.1) is 0 Å². The van der Waals surface area contributed by atoms with Crippen molar-refractivity contribution in [2.75, 3.05) is 0 Å². The van der Waals surface area contributed by atoms with Gasteiger partial charge in [-0.2, -0.15) is 0 Å². The summed E-state index contributed by atoms with van der Waals surface area (Å²) in [5.74, 6) is -0.106. The van der Waals surface area contributed by atoms with Gasteiger partial charge in [0.15, 0.2) is 5.78 Å². The van der Waals surface area contributed by atoms with Crippen LogP contribution in [0.2, 0.25) is 0 Å². The van der Waals surface area contributed by atoms with E-state index in [1.54, 1.807) is 12.1 Å². The van der Waals surface area contributed by atoms with E-state index >= 15 is 0 Å². The van der Waals surface area contributed by atoms with Crippen molar-refractivity contribution in [1.82, 2.24) is 10.6 Å². The number of hydrogen-bond donors (Lipinski definition) is 2. The highest BCUT2D eigenvalue weighted by atomic mass is 79.9. The van der Waals surface area contributed by atoms with E-state index in [1.165, 1.54) is 0 Å². The number of alkyl carbamates (subject to hydrolysis) is 2. The first kappa shape index (κ1) is 28.4. The van der Waals surface area contributed by atoms with Crippen molar-refractivity contribution in [3.8, 4) is 0 Å². The van der Waals surface area contributed by atoms with Crippen LogP contribution in [-0.4, -0.2) is 35.7 Å². The van der Waals surface area contributed by atoms with Gasteiger partial charge in [0.2, 0.25) is 0 Å². The number of nitrogens with one attached hydrogen (secondary N) is 2. The van der Waals surface area contributed by atoms with Gasteiger partial charge >= 0.3 is 12.2 Å². The lowest BCUT2D eigenvalue weighted by molar-refractivity contribution is 0.0916. The lowest BCUT2D eigenvalue weighted by Crippen LogP contribution is -2.42. The number of amides is 2. The van der Waals surface area contributed by atoms with Crippen LogP contribution < -0.4 is 10.6 Å². The van der Waals surface area contributed by atoms with E-state index in [0.29, 0.717) is 12.0 Å². The Labute approximate surface area is 237 Å². The van der Waals surface area contributed by atoms with Gasteiger partial charge in [0.25, 0.3) is 0 Å². The molecular weight excluding hydrogens is 560 g/mol. The fourth-order valence-corrected chi connectivity index (χ4v) is 4.46. The molecule has 3 aromatic rings. The third-order valence-electron chi connectivity index (χ3n) is 6.27. The van der Waals surface area contributed by atoms with Gasteiger partial charge < -0.3 is 20.1 Å². The molecule has 204 valence electrons. The van der Waals surface area contributed by atoms with Crippen LogP contribution in [0.3, 0.4) is 0 Å². The number of ketones is 1. The van der Waals surface area contributed by atoms with E-state index in [4.69, 9.17) is 9.47 Å². The smallest absolute Gasteiger partial charge is 0.408 e. The lowest BCUT2D eigenvalue weighted by atomic mass is 9.96. The van der Waals surface area contributed by atoms with Crippen molar-refractivity contribution in [2.24, 2.45) is 0 Å². The Hall–Kier alpha value is -3.65. The normalized spacial score (nSPS) is 17.0. The van der Waals surface area contributed by atoms with Gasteiger partial charge in [-0.3, -0.25) is 4.79 Å². The summed E-state index contributed by atoms with van der Waals surface area (Å²) >= 11 is 3.39. The molecule has 0 unspecified atom stereocenters. The standard InChI is InChI=1S/C31H33BrN2O5/c1-31(2,3)34-30(37)39-27-18-25(27)22-11-13-23(14-12-22)28(35)26(17-20-7-5-4-6-8-20)33-29(36)38-19-21-9-15-24(32)16-10-21/h4-16,25-27H,17-19H2,1-3H3,(H,33,36)(H,34,37)/t25-,26-,27+/m0/s1. The number of benzene rings is 3. The maximum atomic E-state index is 13.5. The van der Waals surface area contributed by atoms with Gasteiger partial charge in [-0.1, -0.05) is 82.7 Å². The highest BCUT2D eigenvalue weighted by Gasteiger charge is 2.42. The van der Waals surface area contributed by atoms with E-state index < -0.39 is 18.2 Å². The fraction of sp³-hybridized carbons (Fsp3) is 0.323. The zero-order chi connectivity index (χ0) is 28.0. The number of halogens is 1. The molecule has 0 spiro atoms. The summed E-state index contributed by atoms with van der Waals surface area (Å²) in [5.41, 5.74) is 2.89. The third kappa shape index (κ3) is 8.68. The minimum Gasteiger partial charge on any atom is -0.446 e. The highest BCUT2D eigenvalue weighted by Crippen LogP contribution is 2.43. The van der Waals surface area contributed by atoms with Crippen molar-refractivity contribution < 1.29 is 23.9 Å². The molecule has 1 aliphatic rings. The number of carbonyl (C=O) groups excluding carboxylic acids is 3. The molecule has 0 saturated heterocycles. The van der Waals surface area contributed by atoms with E-state index in [1.807, 2.05) is 87.5 Å². The average molecular weight is 594 g/mol. The molecule has 0 bridgehead atoms. The summed E-state index contributed by atoms with van der Waals surface area (Å²) in [6, 6.07) is 23.5. The molecular formula is C31H33BrN2O5. The van der Waals surface area contributed by atoms with Crippen LogP contribution in [0, 0.1) is 0 Å². The van der Waals surface area contributed by atoms with Crippen LogP contribution in [0.4, 0.5) is 9.59 Å². The number of ether oxygens (including phenoxy) is 2. The fourth-order valence-electron chi connectivity index (χ4n) is 4.19. The summed E-state index contributed by atoms with van der Waals surface area (Å²) in [6.45, 7) is 5.79. The van der Waals surface area contributed by atoms with Gasteiger partial charge in [-0.05, 0) is 56.0 Å². The molecule has 0 aromatic heterocycles. The number of hydrogen-bond acceptors (Lipinski definition) is 5. The third-order valence-corrected chi connectivity index (χ3v) is 6.79. The van der Waals surface area contributed by atoms with Crippen molar-refractivity contribution in [1.29, 1.82) is 0 Å². The van der Waals surface area contributed by atoms with Crippen molar-refractivity contribution in [3.63, 3.8) is 0 Å². The number of Topliss-reactive ketones (excluding diaryl/α,β-unsaturated/α-hetero) is 1. The summed E-state index contributed by atoms with van der Waals surface area (Å²) in [4.78, 5) is 38.2. The topological polar surface area (TPSA) is 93.7 Å². The first-order valence-corrected chi connectivity index (χ1v) is 13.7. The van der Waals surface area contributed by atoms with Gasteiger partial charge in [0.1, 0.15) is 12.7 Å². The molecule has 1 saturated carbocycles. The predicted octanol–water partition coefficient (Wildman–Crippen LogP) is 6.55. The van der Waals surface area contributed by atoms with E-state index in [9.17, 15) is 14.4 Å². The molecule has 2 N–H and O–H groups in total. The van der Waals surface area contributed by atoms with Crippen LogP contribution >= 0.6 is 15.9 Å². The second-order valence-corrected chi connectivity index (χ2v) is 11.7. The Bertz CT molecular complexity index is 1290. The van der Waals surface area contributed by atoms with Crippen molar-refractivity contribution >= 4 is 33.9 Å². The zero-order valence-corrected chi connectivity index (χ0v) is 23.9. The molecule has 7 nitrogen and oxygen atoms in total. The minimum atomic E-state index is -0.797. The summed E-state index contributed by atoms with van der Waals surface area (Å²) in [6.07, 6.45) is -0.190. The van der Waals surface area contributed by atoms with Gasteiger partial charge in [-0.25, -0.2) is 9.59 Å². The van der Waals surface area contributed by atoms with E-state index in [0.717, 1.165) is 27.6 Å². The van der Waals surface area contributed by atoms with Crippen LogP contribution in [0.5, 0.6) is 0 Å². The van der Waals surface area contributed by atoms with Crippen LogP contribution in [0.1, 0.15) is 60.2 Å². The Morgan fingerprint density at radius 2 is 1.56 bits per heavy atom. The maximum absolute atomic E-state index is 13.5. The Kier molecular flexibility index (Phi) is 9.07. The second kappa shape index (κ2) is 12.5. The molecule has 8 heteroatoms. The lowest BCUT2D eigenvalue weighted by Gasteiger charge is -2.20. The predicted molar refractivity (Wildman–Crippen MR) is 153 cm³/mol. The van der Waals surface area contributed by atoms with Crippen molar-refractivity contribution in [2.45, 2.75) is 63.8 Å². The summed E-state index contributed by atoms with van der Waals surface area (Å²) < 4.78 is 11.8.